The zero-order chi connectivity index (χ0) is 20.9. The summed E-state index contributed by atoms with van der Waals surface area (Å²) in [6.07, 6.45) is -7.13. The van der Waals surface area contributed by atoms with Crippen LogP contribution in [-0.4, -0.2) is 45.5 Å². The van der Waals surface area contributed by atoms with Gasteiger partial charge in [0, 0.05) is 23.5 Å². The fourth-order valence-electron chi connectivity index (χ4n) is 4.22. The number of aryl methyl sites for hydroxylation is 1. The predicted octanol–water partition coefficient (Wildman–Crippen LogP) is 2.25. The number of ether oxygens (including phenoxy) is 1. The molecule has 0 radical (unpaired) electrons. The first-order chi connectivity index (χ1) is 13.7. The quantitative estimate of drug-likeness (QED) is 0.725. The molecule has 2 aliphatic heterocycles. The number of carbonyl (C=O) groups is 1. The van der Waals surface area contributed by atoms with E-state index in [2.05, 4.69) is 10.3 Å². The molecule has 2 aliphatic rings. The highest BCUT2D eigenvalue weighted by molar-refractivity contribution is 5.94. The molecule has 2 aromatic rings. The molecule has 4 rings (SSSR count). The van der Waals surface area contributed by atoms with Crippen molar-refractivity contribution in [2.24, 2.45) is 5.92 Å². The van der Waals surface area contributed by atoms with E-state index in [0.29, 0.717) is 11.3 Å². The SMILES string of the molecule is Cc1cc([C@H]2[C@H]3O[C@H]([C@H](O)[C@@H]3O)[C@@H]2C(=O)Nc2cccc(C(F)(F)F)c2)ccn1. The maximum absolute atomic E-state index is 13.0. The summed E-state index contributed by atoms with van der Waals surface area (Å²) in [6, 6.07) is 7.79. The first kappa shape index (κ1) is 19.8. The molecule has 154 valence electrons. The van der Waals surface area contributed by atoms with Crippen molar-refractivity contribution in [1.29, 1.82) is 0 Å². The number of hydrogen-bond donors (Lipinski definition) is 3. The number of aliphatic hydroxyl groups excluding tert-OH is 2. The minimum Gasteiger partial charge on any atom is -0.388 e. The number of anilines is 1. The van der Waals surface area contributed by atoms with Crippen LogP contribution in [0.15, 0.2) is 42.6 Å². The Morgan fingerprint density at radius 2 is 1.86 bits per heavy atom. The Hall–Kier alpha value is -2.49. The van der Waals surface area contributed by atoms with Gasteiger partial charge in [0.2, 0.25) is 5.91 Å². The highest BCUT2D eigenvalue weighted by Gasteiger charge is 2.61. The Bertz CT molecular complexity index is 936. The maximum atomic E-state index is 13.0. The number of aliphatic hydroxyl groups is 2. The van der Waals surface area contributed by atoms with Crippen LogP contribution in [0.5, 0.6) is 0 Å². The Kier molecular flexibility index (Phi) is 4.84. The summed E-state index contributed by atoms with van der Waals surface area (Å²) in [5.74, 6) is -2.03. The molecule has 1 amide bonds. The molecule has 29 heavy (non-hydrogen) atoms. The molecular weight excluding hydrogens is 389 g/mol. The van der Waals surface area contributed by atoms with Crippen molar-refractivity contribution in [2.45, 2.75) is 43.4 Å². The van der Waals surface area contributed by atoms with Crippen molar-refractivity contribution in [3.05, 3.63) is 59.4 Å². The largest absolute Gasteiger partial charge is 0.416 e. The zero-order valence-electron chi connectivity index (χ0n) is 15.3. The van der Waals surface area contributed by atoms with Gasteiger partial charge in [-0.2, -0.15) is 13.2 Å². The van der Waals surface area contributed by atoms with Gasteiger partial charge in [-0.3, -0.25) is 9.78 Å². The van der Waals surface area contributed by atoms with Crippen LogP contribution in [0, 0.1) is 12.8 Å². The van der Waals surface area contributed by atoms with E-state index in [1.807, 2.05) is 0 Å². The summed E-state index contributed by atoms with van der Waals surface area (Å²) in [5, 5.41) is 23.0. The molecule has 2 bridgehead atoms. The molecule has 2 fully saturated rings. The summed E-state index contributed by atoms with van der Waals surface area (Å²) < 4.78 is 44.5. The lowest BCUT2D eigenvalue weighted by Gasteiger charge is -2.33. The third-order valence-electron chi connectivity index (χ3n) is 5.50. The first-order valence-electron chi connectivity index (χ1n) is 9.09. The van der Waals surface area contributed by atoms with Crippen molar-refractivity contribution < 1.29 is 32.9 Å². The fraction of sp³-hybridized carbons (Fsp3) is 0.400. The minimum absolute atomic E-state index is 0.00713. The maximum Gasteiger partial charge on any atom is 0.416 e. The normalized spacial score (nSPS) is 31.1. The second-order valence-electron chi connectivity index (χ2n) is 7.40. The van der Waals surface area contributed by atoms with Crippen LogP contribution in [0.4, 0.5) is 18.9 Å². The second-order valence-corrected chi connectivity index (χ2v) is 7.40. The van der Waals surface area contributed by atoms with E-state index in [4.69, 9.17) is 4.74 Å². The van der Waals surface area contributed by atoms with Gasteiger partial charge in [-0.15, -0.1) is 0 Å². The van der Waals surface area contributed by atoms with Gasteiger partial charge in [0.05, 0.1) is 23.7 Å². The smallest absolute Gasteiger partial charge is 0.388 e. The van der Waals surface area contributed by atoms with E-state index >= 15 is 0 Å². The minimum atomic E-state index is -4.53. The van der Waals surface area contributed by atoms with Crippen molar-refractivity contribution in [3.63, 3.8) is 0 Å². The Morgan fingerprint density at radius 1 is 1.14 bits per heavy atom. The van der Waals surface area contributed by atoms with Crippen molar-refractivity contribution in [1.82, 2.24) is 4.98 Å². The number of hydrogen-bond acceptors (Lipinski definition) is 5. The lowest BCUT2D eigenvalue weighted by molar-refractivity contribution is -0.137. The monoisotopic (exact) mass is 408 g/mol. The summed E-state index contributed by atoms with van der Waals surface area (Å²) in [5.41, 5.74) is 0.529. The van der Waals surface area contributed by atoms with Gasteiger partial charge >= 0.3 is 6.18 Å². The lowest BCUT2D eigenvalue weighted by atomic mass is 9.72. The van der Waals surface area contributed by atoms with Gasteiger partial charge < -0.3 is 20.3 Å². The molecule has 2 saturated heterocycles. The summed E-state index contributed by atoms with van der Waals surface area (Å²) in [6.45, 7) is 1.78. The van der Waals surface area contributed by atoms with Gasteiger partial charge in [0.1, 0.15) is 12.2 Å². The number of pyridine rings is 1. The third-order valence-corrected chi connectivity index (χ3v) is 5.50. The lowest BCUT2D eigenvalue weighted by Crippen LogP contribution is -2.49. The van der Waals surface area contributed by atoms with E-state index in [1.54, 1.807) is 25.3 Å². The number of rotatable bonds is 3. The van der Waals surface area contributed by atoms with Gasteiger partial charge in [-0.25, -0.2) is 0 Å². The number of alkyl halides is 3. The summed E-state index contributed by atoms with van der Waals surface area (Å²) in [7, 11) is 0. The van der Waals surface area contributed by atoms with Crippen molar-refractivity contribution in [3.8, 4) is 0 Å². The summed E-state index contributed by atoms with van der Waals surface area (Å²) in [4.78, 5) is 17.1. The standard InChI is InChI=1S/C20H19F3N2O4/c1-9-7-10(5-6-24-9)13-14(18-16(27)15(26)17(13)29-18)19(28)25-12-4-2-3-11(8-12)20(21,22)23/h2-8,13-18,26-27H,1H3,(H,25,28)/t13-,14-,15+,16-,17-,18+/m1/s1. The topological polar surface area (TPSA) is 91.7 Å². The van der Waals surface area contributed by atoms with E-state index in [1.165, 1.54) is 12.1 Å². The highest BCUT2D eigenvalue weighted by Crippen LogP contribution is 2.49. The fourth-order valence-corrected chi connectivity index (χ4v) is 4.22. The molecule has 3 N–H and O–H groups in total. The van der Waals surface area contributed by atoms with E-state index in [-0.39, 0.29) is 5.69 Å². The molecule has 0 spiro atoms. The van der Waals surface area contributed by atoms with E-state index in [9.17, 15) is 28.2 Å². The highest BCUT2D eigenvalue weighted by atomic mass is 19.4. The van der Waals surface area contributed by atoms with Crippen LogP contribution in [0.25, 0.3) is 0 Å². The molecule has 3 heterocycles. The van der Waals surface area contributed by atoms with Gasteiger partial charge in [-0.05, 0) is 42.8 Å². The molecule has 0 unspecified atom stereocenters. The molecule has 0 aliphatic carbocycles. The number of amides is 1. The Morgan fingerprint density at radius 3 is 2.55 bits per heavy atom. The molecule has 9 heteroatoms. The molecule has 1 aromatic heterocycles. The van der Waals surface area contributed by atoms with Crippen LogP contribution in [-0.2, 0) is 15.7 Å². The van der Waals surface area contributed by atoms with Crippen LogP contribution < -0.4 is 5.32 Å². The molecule has 1 aromatic carbocycles. The Balaban J connectivity index is 1.64. The number of carbonyl (C=O) groups excluding carboxylic acids is 1. The number of nitrogens with one attached hydrogen (secondary N) is 1. The van der Waals surface area contributed by atoms with Gasteiger partial charge in [0.25, 0.3) is 0 Å². The third kappa shape index (κ3) is 3.50. The van der Waals surface area contributed by atoms with Crippen LogP contribution in [0.3, 0.4) is 0 Å². The van der Waals surface area contributed by atoms with E-state index in [0.717, 1.165) is 12.1 Å². The summed E-state index contributed by atoms with van der Waals surface area (Å²) >= 11 is 0. The Labute approximate surface area is 164 Å². The number of halogens is 3. The number of aromatic nitrogens is 1. The second kappa shape index (κ2) is 7.08. The number of benzene rings is 1. The average Bonchev–Trinajstić information content (AvgIpc) is 3.18. The van der Waals surface area contributed by atoms with Crippen LogP contribution >= 0.6 is 0 Å². The van der Waals surface area contributed by atoms with Gasteiger partial charge in [-0.1, -0.05) is 6.07 Å². The molecule has 0 saturated carbocycles. The zero-order valence-corrected chi connectivity index (χ0v) is 15.3. The van der Waals surface area contributed by atoms with E-state index < -0.39 is 53.9 Å². The van der Waals surface area contributed by atoms with Crippen molar-refractivity contribution >= 4 is 11.6 Å². The van der Waals surface area contributed by atoms with Gasteiger partial charge in [0.15, 0.2) is 0 Å². The first-order valence-corrected chi connectivity index (χ1v) is 9.09. The predicted molar refractivity (Wildman–Crippen MR) is 96.0 cm³/mol. The molecule has 6 nitrogen and oxygen atoms in total. The van der Waals surface area contributed by atoms with Crippen LogP contribution in [0.2, 0.25) is 0 Å². The number of nitrogens with zero attached hydrogens (tertiary/aromatic N) is 1. The molecular formula is C20H19F3N2O4. The van der Waals surface area contributed by atoms with Crippen LogP contribution in [0.1, 0.15) is 22.7 Å². The van der Waals surface area contributed by atoms with Crippen molar-refractivity contribution in [2.75, 3.05) is 5.32 Å². The average molecular weight is 408 g/mol. The number of fused-ring (bicyclic) bond motifs is 2. The molecule has 6 atom stereocenters.